The number of hydrogen-bond acceptors (Lipinski definition) is 2. The van der Waals surface area contributed by atoms with E-state index in [1.165, 1.54) is 0 Å². The number of alkyl halides is 1. The monoisotopic (exact) mass is 278 g/mol. The molecule has 2 rings (SSSR count). The van der Waals surface area contributed by atoms with Gasteiger partial charge in [0.1, 0.15) is 6.61 Å². The van der Waals surface area contributed by atoms with Crippen molar-refractivity contribution < 1.29 is 13.9 Å². The zero-order valence-electron chi connectivity index (χ0n) is 12.1. The minimum absolute atomic E-state index is 0.00164. The fourth-order valence-corrected chi connectivity index (χ4v) is 2.90. The van der Waals surface area contributed by atoms with Crippen LogP contribution in [-0.2, 0) is 16.1 Å². The maximum atomic E-state index is 12.6. The zero-order chi connectivity index (χ0) is 14.4. The molecule has 1 saturated carbocycles. The van der Waals surface area contributed by atoms with Gasteiger partial charge in [0.05, 0.1) is 12.6 Å². The van der Waals surface area contributed by atoms with Crippen LogP contribution in [0.3, 0.4) is 0 Å². The van der Waals surface area contributed by atoms with Crippen molar-refractivity contribution >= 4 is 5.97 Å². The van der Waals surface area contributed by atoms with Gasteiger partial charge >= 0.3 is 5.97 Å². The standard InChI is InChI=1S/C17H23FO2/c1-13(11-18)15-7-9-16(10-8-15)17(19)20-12-14-5-3-2-4-6-14/h2-6,13,15-16H,7-12H2,1H3. The van der Waals surface area contributed by atoms with Gasteiger partial charge in [-0.1, -0.05) is 37.3 Å². The largest absolute Gasteiger partial charge is 0.461 e. The molecular formula is C17H23FO2. The van der Waals surface area contributed by atoms with Crippen molar-refractivity contribution in [3.05, 3.63) is 35.9 Å². The van der Waals surface area contributed by atoms with Crippen LogP contribution in [0.4, 0.5) is 4.39 Å². The van der Waals surface area contributed by atoms with Gasteiger partial charge in [0.25, 0.3) is 0 Å². The zero-order valence-corrected chi connectivity index (χ0v) is 12.1. The molecule has 20 heavy (non-hydrogen) atoms. The van der Waals surface area contributed by atoms with Crippen LogP contribution in [0.2, 0.25) is 0 Å². The summed E-state index contributed by atoms with van der Waals surface area (Å²) in [5, 5.41) is 0. The van der Waals surface area contributed by atoms with E-state index < -0.39 is 0 Å². The molecule has 1 aromatic rings. The maximum absolute atomic E-state index is 12.6. The van der Waals surface area contributed by atoms with Crippen LogP contribution >= 0.6 is 0 Å². The molecule has 2 nitrogen and oxygen atoms in total. The molecule has 0 aromatic heterocycles. The highest BCUT2D eigenvalue weighted by atomic mass is 19.1. The van der Waals surface area contributed by atoms with Crippen molar-refractivity contribution in [2.45, 2.75) is 39.2 Å². The molecule has 0 heterocycles. The Kier molecular flexibility index (Phi) is 5.57. The molecular weight excluding hydrogens is 255 g/mol. The molecule has 1 unspecified atom stereocenters. The summed E-state index contributed by atoms with van der Waals surface area (Å²) in [5.41, 5.74) is 1.01. The highest BCUT2D eigenvalue weighted by molar-refractivity contribution is 5.72. The molecule has 0 spiro atoms. The molecule has 0 radical (unpaired) electrons. The average Bonchev–Trinajstić information content (AvgIpc) is 2.53. The lowest BCUT2D eigenvalue weighted by Gasteiger charge is -2.30. The van der Waals surface area contributed by atoms with E-state index in [1.54, 1.807) is 0 Å². The Hall–Kier alpha value is -1.38. The summed E-state index contributed by atoms with van der Waals surface area (Å²) in [6, 6.07) is 9.72. The minimum Gasteiger partial charge on any atom is -0.461 e. The highest BCUT2D eigenvalue weighted by Crippen LogP contribution is 2.34. The summed E-state index contributed by atoms with van der Waals surface area (Å²) >= 11 is 0. The van der Waals surface area contributed by atoms with Crippen molar-refractivity contribution in [3.63, 3.8) is 0 Å². The fourth-order valence-electron chi connectivity index (χ4n) is 2.90. The second-order valence-electron chi connectivity index (χ2n) is 5.84. The average molecular weight is 278 g/mol. The third-order valence-corrected chi connectivity index (χ3v) is 4.38. The molecule has 0 bridgehead atoms. The van der Waals surface area contributed by atoms with E-state index in [-0.39, 0.29) is 24.5 Å². The Morgan fingerprint density at radius 2 is 1.90 bits per heavy atom. The van der Waals surface area contributed by atoms with E-state index in [9.17, 15) is 9.18 Å². The van der Waals surface area contributed by atoms with Crippen LogP contribution in [0.1, 0.15) is 38.2 Å². The smallest absolute Gasteiger partial charge is 0.309 e. The summed E-state index contributed by atoms with van der Waals surface area (Å²) in [6.45, 7) is 2.05. The van der Waals surface area contributed by atoms with Crippen molar-refractivity contribution in [1.82, 2.24) is 0 Å². The van der Waals surface area contributed by atoms with Gasteiger partial charge < -0.3 is 4.74 Å². The molecule has 1 aliphatic carbocycles. The molecule has 3 heteroatoms. The highest BCUT2D eigenvalue weighted by Gasteiger charge is 2.29. The number of ether oxygens (including phenoxy) is 1. The topological polar surface area (TPSA) is 26.3 Å². The number of carbonyl (C=O) groups excluding carboxylic acids is 1. The Bertz CT molecular complexity index is 410. The lowest BCUT2D eigenvalue weighted by atomic mass is 9.77. The van der Waals surface area contributed by atoms with Gasteiger partial charge in [-0.15, -0.1) is 0 Å². The maximum Gasteiger partial charge on any atom is 0.309 e. The summed E-state index contributed by atoms with van der Waals surface area (Å²) in [5.74, 6) is 0.455. The number of esters is 1. The first kappa shape index (κ1) is 15.0. The van der Waals surface area contributed by atoms with Crippen LogP contribution in [0, 0.1) is 17.8 Å². The van der Waals surface area contributed by atoms with E-state index in [2.05, 4.69) is 0 Å². The van der Waals surface area contributed by atoms with Gasteiger partial charge in [-0.3, -0.25) is 9.18 Å². The molecule has 0 N–H and O–H groups in total. The van der Waals surface area contributed by atoms with E-state index in [0.29, 0.717) is 12.5 Å². The van der Waals surface area contributed by atoms with Gasteiger partial charge in [-0.2, -0.15) is 0 Å². The first-order chi connectivity index (χ1) is 9.70. The SMILES string of the molecule is CC(CF)C1CCC(C(=O)OCc2ccccc2)CC1. The van der Waals surface area contributed by atoms with Crippen molar-refractivity contribution in [2.75, 3.05) is 6.67 Å². The molecule has 1 aliphatic rings. The summed E-state index contributed by atoms with van der Waals surface area (Å²) in [7, 11) is 0. The van der Waals surface area contributed by atoms with Crippen molar-refractivity contribution in [2.24, 2.45) is 17.8 Å². The van der Waals surface area contributed by atoms with Crippen LogP contribution in [0.25, 0.3) is 0 Å². The van der Waals surface area contributed by atoms with E-state index in [0.717, 1.165) is 31.2 Å². The number of rotatable bonds is 5. The molecule has 0 saturated heterocycles. The third-order valence-electron chi connectivity index (χ3n) is 4.38. The summed E-state index contributed by atoms with van der Waals surface area (Å²) in [4.78, 5) is 12.0. The Morgan fingerprint density at radius 1 is 1.25 bits per heavy atom. The number of halogens is 1. The van der Waals surface area contributed by atoms with Crippen molar-refractivity contribution in [3.8, 4) is 0 Å². The first-order valence-corrected chi connectivity index (χ1v) is 7.47. The van der Waals surface area contributed by atoms with Crippen molar-refractivity contribution in [1.29, 1.82) is 0 Å². The normalized spacial score (nSPS) is 24.1. The van der Waals surface area contributed by atoms with E-state index in [4.69, 9.17) is 4.74 Å². The predicted octanol–water partition coefficient (Wildman–Crippen LogP) is 4.14. The Morgan fingerprint density at radius 3 is 2.50 bits per heavy atom. The summed E-state index contributed by atoms with van der Waals surface area (Å²) < 4.78 is 18.0. The van der Waals surface area contributed by atoms with E-state index >= 15 is 0 Å². The first-order valence-electron chi connectivity index (χ1n) is 7.47. The molecule has 1 atom stereocenters. The lowest BCUT2D eigenvalue weighted by molar-refractivity contribution is -0.151. The van der Waals surface area contributed by atoms with Gasteiger partial charge in [-0.25, -0.2) is 0 Å². The van der Waals surface area contributed by atoms with Crippen LogP contribution in [0.15, 0.2) is 30.3 Å². The number of carbonyl (C=O) groups is 1. The molecule has 1 fully saturated rings. The Balaban J connectivity index is 1.75. The number of hydrogen-bond donors (Lipinski definition) is 0. The van der Waals surface area contributed by atoms with Crippen LogP contribution < -0.4 is 0 Å². The van der Waals surface area contributed by atoms with Gasteiger partial charge in [0.15, 0.2) is 0 Å². The number of benzene rings is 1. The molecule has 0 aliphatic heterocycles. The second kappa shape index (κ2) is 7.41. The van der Waals surface area contributed by atoms with Crippen LogP contribution in [-0.4, -0.2) is 12.6 Å². The van der Waals surface area contributed by atoms with Gasteiger partial charge in [0.2, 0.25) is 0 Å². The van der Waals surface area contributed by atoms with Gasteiger partial charge in [-0.05, 0) is 43.1 Å². The third kappa shape index (κ3) is 4.06. The Labute approximate surface area is 120 Å². The quantitative estimate of drug-likeness (QED) is 0.757. The van der Waals surface area contributed by atoms with E-state index in [1.807, 2.05) is 37.3 Å². The minimum atomic E-state index is -0.256. The van der Waals surface area contributed by atoms with Crippen LogP contribution in [0.5, 0.6) is 0 Å². The summed E-state index contributed by atoms with van der Waals surface area (Å²) in [6.07, 6.45) is 3.55. The second-order valence-corrected chi connectivity index (χ2v) is 5.84. The predicted molar refractivity (Wildman–Crippen MR) is 76.8 cm³/mol. The fraction of sp³-hybridized carbons (Fsp3) is 0.588. The molecule has 110 valence electrons. The van der Waals surface area contributed by atoms with Gasteiger partial charge in [0, 0.05) is 0 Å². The lowest BCUT2D eigenvalue weighted by Crippen LogP contribution is -2.26. The molecule has 1 aromatic carbocycles. The molecule has 0 amide bonds.